The van der Waals surface area contributed by atoms with Crippen LogP contribution in [0.2, 0.25) is 0 Å². The van der Waals surface area contributed by atoms with Crippen molar-refractivity contribution >= 4 is 5.91 Å². The van der Waals surface area contributed by atoms with Gasteiger partial charge in [-0.15, -0.1) is 0 Å². The first-order valence-electron chi connectivity index (χ1n) is 4.80. The van der Waals surface area contributed by atoms with Crippen LogP contribution in [-0.2, 0) is 4.79 Å². The number of aliphatic hydroxyl groups is 3. The number of rotatable bonds is 0. The second-order valence-corrected chi connectivity index (χ2v) is 4.24. The maximum Gasteiger partial charge on any atom is 0.220 e. The van der Waals surface area contributed by atoms with Crippen LogP contribution in [0.15, 0.2) is 0 Å². The molecule has 80 valence electrons. The maximum atomic E-state index is 11.1. The van der Waals surface area contributed by atoms with Gasteiger partial charge in [0.05, 0.1) is 18.2 Å². The van der Waals surface area contributed by atoms with E-state index < -0.39 is 18.3 Å². The predicted molar refractivity (Wildman–Crippen MR) is 47.3 cm³/mol. The average molecular weight is 201 g/mol. The molecule has 0 aromatic heterocycles. The molecule has 0 aromatic carbocycles. The summed E-state index contributed by atoms with van der Waals surface area (Å²) < 4.78 is 0. The molecule has 0 radical (unpaired) electrons. The van der Waals surface area contributed by atoms with Crippen molar-refractivity contribution in [2.45, 2.75) is 44.2 Å². The molecule has 1 aliphatic carbocycles. The molecular formula is C9H15NO4. The smallest absolute Gasteiger partial charge is 0.220 e. The highest BCUT2D eigenvalue weighted by Crippen LogP contribution is 2.44. The zero-order valence-corrected chi connectivity index (χ0v) is 8.16. The molecule has 0 spiro atoms. The van der Waals surface area contributed by atoms with Gasteiger partial charge >= 0.3 is 0 Å². The Kier molecular flexibility index (Phi) is 2.06. The predicted octanol–water partition coefficient (Wildman–Crippen LogP) is -1.68. The molecule has 5 heteroatoms. The monoisotopic (exact) mass is 201 g/mol. The standard InChI is InChI=1S/C9H15NO4/c1-3-5-6(10(5)4(2)11)8(13)9(14)7(3)12/h3,5-9,12-14H,1-2H3/t3-,5-,6?,7-,8-,9-,10?/m1/s1. The lowest BCUT2D eigenvalue weighted by molar-refractivity contribution is -0.125. The van der Waals surface area contributed by atoms with Gasteiger partial charge < -0.3 is 20.2 Å². The van der Waals surface area contributed by atoms with E-state index in [4.69, 9.17) is 0 Å². The van der Waals surface area contributed by atoms with Gasteiger partial charge in [0.1, 0.15) is 12.2 Å². The lowest BCUT2D eigenvalue weighted by Crippen LogP contribution is -2.50. The number of carbonyl (C=O) groups excluding carboxylic acids is 1. The molecule has 14 heavy (non-hydrogen) atoms. The lowest BCUT2D eigenvalue weighted by Gasteiger charge is -2.30. The zero-order valence-electron chi connectivity index (χ0n) is 8.16. The van der Waals surface area contributed by atoms with E-state index in [1.165, 1.54) is 11.8 Å². The van der Waals surface area contributed by atoms with Gasteiger partial charge in [0.15, 0.2) is 0 Å². The summed E-state index contributed by atoms with van der Waals surface area (Å²) in [6.07, 6.45) is -3.11. The summed E-state index contributed by atoms with van der Waals surface area (Å²) in [7, 11) is 0. The first-order valence-corrected chi connectivity index (χ1v) is 4.80. The van der Waals surface area contributed by atoms with Crippen molar-refractivity contribution in [3.8, 4) is 0 Å². The highest BCUT2D eigenvalue weighted by molar-refractivity contribution is 5.77. The molecule has 0 bridgehead atoms. The number of fused-ring (bicyclic) bond motifs is 1. The number of hydrogen-bond acceptors (Lipinski definition) is 4. The van der Waals surface area contributed by atoms with Crippen LogP contribution in [0, 0.1) is 5.92 Å². The van der Waals surface area contributed by atoms with E-state index in [0.29, 0.717) is 0 Å². The summed E-state index contributed by atoms with van der Waals surface area (Å²) >= 11 is 0. The van der Waals surface area contributed by atoms with Gasteiger partial charge in [0.25, 0.3) is 0 Å². The third-order valence-electron chi connectivity index (χ3n) is 3.39. The van der Waals surface area contributed by atoms with Crippen LogP contribution in [0.5, 0.6) is 0 Å². The van der Waals surface area contributed by atoms with Crippen molar-refractivity contribution in [1.82, 2.24) is 4.90 Å². The molecule has 6 atom stereocenters. The van der Waals surface area contributed by atoms with E-state index in [0.717, 1.165) is 0 Å². The van der Waals surface area contributed by atoms with E-state index in [-0.39, 0.29) is 23.9 Å². The van der Waals surface area contributed by atoms with E-state index in [9.17, 15) is 20.1 Å². The SMILES string of the molecule is CC(=O)N1C2[C@@H](O)[C@H](O)[C@H](O)[C@H](C)[C@H]21. The fraction of sp³-hybridized carbons (Fsp3) is 0.889. The number of carbonyl (C=O) groups is 1. The highest BCUT2D eigenvalue weighted by Gasteiger charge is 2.63. The fourth-order valence-electron chi connectivity index (χ4n) is 2.54. The van der Waals surface area contributed by atoms with Gasteiger partial charge in [-0.05, 0) is 0 Å². The van der Waals surface area contributed by atoms with Crippen molar-refractivity contribution in [1.29, 1.82) is 0 Å². The third kappa shape index (κ3) is 1.09. The van der Waals surface area contributed by atoms with Crippen LogP contribution in [0.25, 0.3) is 0 Å². The average Bonchev–Trinajstić information content (AvgIpc) is 2.86. The summed E-state index contributed by atoms with van der Waals surface area (Å²) in [5, 5.41) is 28.6. The largest absolute Gasteiger partial charge is 0.390 e. The van der Waals surface area contributed by atoms with Gasteiger partial charge in [-0.3, -0.25) is 4.79 Å². The Morgan fingerprint density at radius 2 is 1.64 bits per heavy atom. The molecular weight excluding hydrogens is 186 g/mol. The Hall–Kier alpha value is -0.650. The minimum Gasteiger partial charge on any atom is -0.390 e. The quantitative estimate of drug-likeness (QED) is 0.409. The fourth-order valence-corrected chi connectivity index (χ4v) is 2.54. The normalized spacial score (nSPS) is 51.4. The van der Waals surface area contributed by atoms with E-state index in [1.54, 1.807) is 6.92 Å². The molecule has 1 heterocycles. The number of nitrogens with zero attached hydrogens (tertiary/aromatic N) is 1. The van der Waals surface area contributed by atoms with Crippen molar-refractivity contribution < 1.29 is 20.1 Å². The minimum absolute atomic E-state index is 0.110. The highest BCUT2D eigenvalue weighted by atomic mass is 16.4. The van der Waals surface area contributed by atoms with Gasteiger partial charge in [-0.1, -0.05) is 6.92 Å². The number of aliphatic hydroxyl groups excluding tert-OH is 3. The molecule has 1 saturated carbocycles. The second kappa shape index (κ2) is 2.92. The molecule has 1 aliphatic heterocycles. The Labute approximate surface area is 82.0 Å². The minimum atomic E-state index is -1.14. The maximum absolute atomic E-state index is 11.1. The summed E-state index contributed by atoms with van der Waals surface area (Å²) in [4.78, 5) is 12.7. The third-order valence-corrected chi connectivity index (χ3v) is 3.39. The number of hydrogen-bond donors (Lipinski definition) is 3. The van der Waals surface area contributed by atoms with Crippen LogP contribution in [-0.4, -0.2) is 56.5 Å². The molecule has 2 rings (SSSR count). The summed E-state index contributed by atoms with van der Waals surface area (Å²) in [5.74, 6) is -0.297. The van der Waals surface area contributed by atoms with Crippen LogP contribution >= 0.6 is 0 Å². The van der Waals surface area contributed by atoms with E-state index in [2.05, 4.69) is 0 Å². The van der Waals surface area contributed by atoms with Gasteiger partial charge in [-0.2, -0.15) is 0 Å². The van der Waals surface area contributed by atoms with E-state index in [1.807, 2.05) is 0 Å². The zero-order chi connectivity index (χ0) is 10.6. The van der Waals surface area contributed by atoms with Crippen molar-refractivity contribution in [2.75, 3.05) is 0 Å². The van der Waals surface area contributed by atoms with Gasteiger partial charge in [0, 0.05) is 12.8 Å². The first kappa shape index (κ1) is 9.89. The van der Waals surface area contributed by atoms with Crippen molar-refractivity contribution in [3.63, 3.8) is 0 Å². The molecule has 2 aliphatic rings. The van der Waals surface area contributed by atoms with Crippen LogP contribution < -0.4 is 0 Å². The second-order valence-electron chi connectivity index (χ2n) is 4.24. The Morgan fingerprint density at radius 1 is 1.07 bits per heavy atom. The van der Waals surface area contributed by atoms with Crippen LogP contribution in [0.1, 0.15) is 13.8 Å². The number of amides is 1. The molecule has 1 saturated heterocycles. The van der Waals surface area contributed by atoms with Gasteiger partial charge in [-0.25, -0.2) is 0 Å². The van der Waals surface area contributed by atoms with Crippen molar-refractivity contribution in [2.24, 2.45) is 5.92 Å². The molecule has 0 aromatic rings. The summed E-state index contributed by atoms with van der Waals surface area (Å²) in [5.41, 5.74) is 0. The number of likely N-dealkylation sites (tertiary alicyclic amines) is 1. The van der Waals surface area contributed by atoms with Crippen molar-refractivity contribution in [3.05, 3.63) is 0 Å². The Morgan fingerprint density at radius 3 is 2.14 bits per heavy atom. The Balaban J connectivity index is 2.19. The topological polar surface area (TPSA) is 80.8 Å². The molecule has 1 amide bonds. The Bertz CT molecular complexity index is 250. The molecule has 2 fully saturated rings. The summed E-state index contributed by atoms with van der Waals surface area (Å²) in [6.45, 7) is 3.21. The van der Waals surface area contributed by atoms with Crippen LogP contribution in [0.3, 0.4) is 0 Å². The van der Waals surface area contributed by atoms with E-state index >= 15 is 0 Å². The first-order chi connectivity index (χ1) is 6.46. The van der Waals surface area contributed by atoms with Crippen LogP contribution in [0.4, 0.5) is 0 Å². The van der Waals surface area contributed by atoms with Gasteiger partial charge in [0.2, 0.25) is 5.91 Å². The molecule has 5 nitrogen and oxygen atoms in total. The summed E-state index contributed by atoms with van der Waals surface area (Å²) in [6, 6.07) is -0.415. The molecule has 1 unspecified atom stereocenters. The molecule has 3 N–H and O–H groups in total. The lowest BCUT2D eigenvalue weighted by atomic mass is 9.84.